The average molecular weight is 338 g/mol. The second kappa shape index (κ2) is 7.68. The standard InChI is InChI=1S/C14H26O9/c15-3-8(18)5-2-9(14(22)11(5)19)23-10(4-16)6-1-7(17)13(21)12(6)20/h5-22H,1-4H2/t5-,6-,7+,8+,9+,10+,11-,12-,13-,14-/m0/s1. The molecule has 0 unspecified atom stereocenters. The maximum absolute atomic E-state index is 10.0. The zero-order valence-electron chi connectivity index (χ0n) is 12.6. The molecule has 0 bridgehead atoms. The minimum Gasteiger partial charge on any atom is -0.394 e. The van der Waals surface area contributed by atoms with Crippen molar-refractivity contribution in [3.05, 3.63) is 0 Å². The molecule has 0 amide bonds. The van der Waals surface area contributed by atoms with Crippen LogP contribution in [0.4, 0.5) is 0 Å². The zero-order chi connectivity index (χ0) is 17.3. The van der Waals surface area contributed by atoms with Crippen molar-refractivity contribution in [3.8, 4) is 0 Å². The van der Waals surface area contributed by atoms with Crippen molar-refractivity contribution < 1.29 is 45.6 Å². The third-order valence-electron chi connectivity index (χ3n) is 5.06. The molecule has 2 saturated carbocycles. The van der Waals surface area contributed by atoms with Crippen molar-refractivity contribution in [1.82, 2.24) is 0 Å². The summed E-state index contributed by atoms with van der Waals surface area (Å²) in [6.45, 7) is -1.07. The first-order valence-corrected chi connectivity index (χ1v) is 7.77. The van der Waals surface area contributed by atoms with Gasteiger partial charge in [0.25, 0.3) is 0 Å². The molecule has 10 atom stereocenters. The Morgan fingerprint density at radius 3 is 1.87 bits per heavy atom. The highest BCUT2D eigenvalue weighted by Crippen LogP contribution is 2.36. The molecule has 0 aromatic rings. The summed E-state index contributed by atoms with van der Waals surface area (Å²) in [5.41, 5.74) is 0. The minimum atomic E-state index is -1.33. The predicted molar refractivity (Wildman–Crippen MR) is 75.1 cm³/mol. The van der Waals surface area contributed by atoms with Gasteiger partial charge in [-0.3, -0.25) is 0 Å². The molecule has 0 aliphatic heterocycles. The van der Waals surface area contributed by atoms with Crippen LogP contribution in [0.2, 0.25) is 0 Å². The Labute approximate surface area is 133 Å². The molecule has 23 heavy (non-hydrogen) atoms. The van der Waals surface area contributed by atoms with Gasteiger partial charge in [0.1, 0.15) is 12.2 Å². The molecule has 0 radical (unpaired) electrons. The number of aliphatic hydroxyl groups is 8. The summed E-state index contributed by atoms with van der Waals surface area (Å²) in [7, 11) is 0. The lowest BCUT2D eigenvalue weighted by Crippen LogP contribution is -2.42. The molecule has 0 aromatic heterocycles. The molecule has 0 spiro atoms. The molecule has 136 valence electrons. The van der Waals surface area contributed by atoms with E-state index in [1.807, 2.05) is 0 Å². The van der Waals surface area contributed by atoms with E-state index in [1.54, 1.807) is 0 Å². The van der Waals surface area contributed by atoms with E-state index in [0.29, 0.717) is 0 Å². The summed E-state index contributed by atoms with van der Waals surface area (Å²) in [5, 5.41) is 77.1. The van der Waals surface area contributed by atoms with Gasteiger partial charge < -0.3 is 45.6 Å². The zero-order valence-corrected chi connectivity index (χ0v) is 12.6. The van der Waals surface area contributed by atoms with Gasteiger partial charge in [0.15, 0.2) is 0 Å². The third-order valence-corrected chi connectivity index (χ3v) is 5.06. The van der Waals surface area contributed by atoms with Crippen LogP contribution in [0.1, 0.15) is 12.8 Å². The Morgan fingerprint density at radius 2 is 1.39 bits per heavy atom. The summed E-state index contributed by atoms with van der Waals surface area (Å²) < 4.78 is 5.58. The Balaban J connectivity index is 2.02. The van der Waals surface area contributed by atoms with Gasteiger partial charge in [0.05, 0.1) is 49.8 Å². The largest absolute Gasteiger partial charge is 0.394 e. The molecule has 0 heterocycles. The maximum Gasteiger partial charge on any atom is 0.106 e. The van der Waals surface area contributed by atoms with E-state index in [1.165, 1.54) is 0 Å². The monoisotopic (exact) mass is 338 g/mol. The van der Waals surface area contributed by atoms with Crippen LogP contribution >= 0.6 is 0 Å². The number of hydrogen-bond donors (Lipinski definition) is 8. The minimum absolute atomic E-state index is 0.0294. The summed E-state index contributed by atoms with van der Waals surface area (Å²) in [6.07, 6.45) is -9.31. The molecule has 9 heteroatoms. The maximum atomic E-state index is 10.0. The van der Waals surface area contributed by atoms with Crippen molar-refractivity contribution in [1.29, 1.82) is 0 Å². The van der Waals surface area contributed by atoms with E-state index in [0.717, 1.165) is 0 Å². The molecular formula is C14H26O9. The highest BCUT2D eigenvalue weighted by Gasteiger charge is 2.49. The lowest BCUT2D eigenvalue weighted by atomic mass is 9.98. The smallest absolute Gasteiger partial charge is 0.106 e. The molecule has 2 fully saturated rings. The van der Waals surface area contributed by atoms with Crippen LogP contribution in [0.25, 0.3) is 0 Å². The first-order chi connectivity index (χ1) is 10.8. The van der Waals surface area contributed by atoms with E-state index in [-0.39, 0.29) is 12.8 Å². The van der Waals surface area contributed by atoms with Gasteiger partial charge in [-0.1, -0.05) is 0 Å². The summed E-state index contributed by atoms with van der Waals surface area (Å²) in [6, 6.07) is 0. The van der Waals surface area contributed by atoms with Gasteiger partial charge in [-0.25, -0.2) is 0 Å². The number of hydrogen-bond acceptors (Lipinski definition) is 9. The van der Waals surface area contributed by atoms with Crippen molar-refractivity contribution >= 4 is 0 Å². The first-order valence-electron chi connectivity index (χ1n) is 7.77. The fraction of sp³-hybridized carbons (Fsp3) is 1.00. The summed E-state index contributed by atoms with van der Waals surface area (Å²) in [4.78, 5) is 0. The van der Waals surface area contributed by atoms with E-state index in [4.69, 9.17) is 9.84 Å². The molecule has 2 aliphatic rings. The summed E-state index contributed by atoms with van der Waals surface area (Å²) in [5.74, 6) is -1.50. The van der Waals surface area contributed by atoms with Gasteiger partial charge in [-0.15, -0.1) is 0 Å². The van der Waals surface area contributed by atoms with E-state index >= 15 is 0 Å². The molecule has 2 rings (SSSR count). The number of aliphatic hydroxyl groups excluding tert-OH is 8. The Bertz CT molecular complexity index is 381. The van der Waals surface area contributed by atoms with Gasteiger partial charge in [-0.05, 0) is 12.8 Å². The summed E-state index contributed by atoms with van der Waals surface area (Å²) >= 11 is 0. The van der Waals surface area contributed by atoms with E-state index in [2.05, 4.69) is 0 Å². The van der Waals surface area contributed by atoms with Crippen LogP contribution in [0.15, 0.2) is 0 Å². The molecule has 8 N–H and O–H groups in total. The first kappa shape index (κ1) is 19.0. The van der Waals surface area contributed by atoms with Crippen LogP contribution < -0.4 is 0 Å². The van der Waals surface area contributed by atoms with Gasteiger partial charge in [0.2, 0.25) is 0 Å². The lowest BCUT2D eigenvalue weighted by Gasteiger charge is -2.29. The SMILES string of the molecule is OC[C@@H](O)[C@@H]1C[C@@H](O[C@H](CO)[C@@H]2C[C@@H](O)[C@H](O)[C@H]2O)[C@H](O)[C@H]1O. The van der Waals surface area contributed by atoms with Gasteiger partial charge >= 0.3 is 0 Å². The van der Waals surface area contributed by atoms with Crippen LogP contribution in [-0.2, 0) is 4.74 Å². The third kappa shape index (κ3) is 3.68. The molecule has 0 saturated heterocycles. The van der Waals surface area contributed by atoms with E-state index in [9.17, 15) is 35.7 Å². The van der Waals surface area contributed by atoms with Crippen molar-refractivity contribution in [2.75, 3.05) is 13.2 Å². The van der Waals surface area contributed by atoms with Crippen LogP contribution in [0.5, 0.6) is 0 Å². The van der Waals surface area contributed by atoms with Crippen LogP contribution in [0.3, 0.4) is 0 Å². The van der Waals surface area contributed by atoms with Crippen molar-refractivity contribution in [2.45, 2.75) is 61.7 Å². The molecule has 0 aromatic carbocycles. The Morgan fingerprint density at radius 1 is 0.783 bits per heavy atom. The highest BCUT2D eigenvalue weighted by atomic mass is 16.5. The number of rotatable bonds is 6. The Hall–Kier alpha value is -0.360. The van der Waals surface area contributed by atoms with Crippen LogP contribution in [-0.4, -0.2) is 103 Å². The Kier molecular flexibility index (Phi) is 6.34. The second-order valence-electron chi connectivity index (χ2n) is 6.47. The predicted octanol–water partition coefficient (Wildman–Crippen LogP) is -4.07. The normalized spacial score (nSPS) is 47.0. The van der Waals surface area contributed by atoms with Gasteiger partial charge in [0, 0.05) is 11.8 Å². The average Bonchev–Trinajstić information content (AvgIpc) is 2.96. The quantitative estimate of drug-likeness (QED) is 0.240. The van der Waals surface area contributed by atoms with Crippen molar-refractivity contribution in [3.63, 3.8) is 0 Å². The highest BCUT2D eigenvalue weighted by molar-refractivity contribution is 4.98. The van der Waals surface area contributed by atoms with Gasteiger partial charge in [-0.2, -0.15) is 0 Å². The number of ether oxygens (including phenoxy) is 1. The molecular weight excluding hydrogens is 312 g/mol. The topological polar surface area (TPSA) is 171 Å². The lowest BCUT2D eigenvalue weighted by molar-refractivity contribution is -0.131. The second-order valence-corrected chi connectivity index (χ2v) is 6.47. The van der Waals surface area contributed by atoms with Crippen LogP contribution in [0, 0.1) is 11.8 Å². The molecule has 9 nitrogen and oxygen atoms in total. The van der Waals surface area contributed by atoms with E-state index < -0.39 is 73.9 Å². The fourth-order valence-corrected chi connectivity index (χ4v) is 3.59. The molecule has 2 aliphatic carbocycles. The van der Waals surface area contributed by atoms with Crippen molar-refractivity contribution in [2.24, 2.45) is 11.8 Å². The fourth-order valence-electron chi connectivity index (χ4n) is 3.59.